The maximum Gasteiger partial charge on any atom is 0.293 e. The van der Waals surface area contributed by atoms with Crippen LogP contribution < -0.4 is 15.1 Å². The Morgan fingerprint density at radius 3 is 2.74 bits per heavy atom. The zero-order valence-electron chi connectivity index (χ0n) is 16.1. The van der Waals surface area contributed by atoms with E-state index in [1.165, 1.54) is 11.3 Å². The Morgan fingerprint density at radius 1 is 1.15 bits per heavy atom. The SMILES string of the molecule is Cc1ccc2oc3c(c(=O)c2c1)[C@@H]1c2ccccc2N(C)C[C@@H]1C(C)(C)O3. The van der Waals surface area contributed by atoms with Crippen LogP contribution in [0.4, 0.5) is 5.69 Å². The van der Waals surface area contributed by atoms with Crippen molar-refractivity contribution in [1.82, 2.24) is 0 Å². The van der Waals surface area contributed by atoms with Gasteiger partial charge >= 0.3 is 0 Å². The van der Waals surface area contributed by atoms with Crippen molar-refractivity contribution in [2.24, 2.45) is 5.92 Å². The molecule has 138 valence electrons. The molecule has 2 aliphatic rings. The monoisotopic (exact) mass is 361 g/mol. The van der Waals surface area contributed by atoms with Gasteiger partial charge in [0, 0.05) is 31.1 Å². The topological polar surface area (TPSA) is 42.7 Å². The van der Waals surface area contributed by atoms with Crippen LogP contribution >= 0.6 is 0 Å². The molecule has 0 saturated carbocycles. The number of nitrogens with zero attached hydrogens (tertiary/aromatic N) is 1. The van der Waals surface area contributed by atoms with E-state index >= 15 is 0 Å². The van der Waals surface area contributed by atoms with Gasteiger partial charge in [0.15, 0.2) is 0 Å². The Bertz CT molecular complexity index is 1130. The predicted octanol–water partition coefficient (Wildman–Crippen LogP) is 4.47. The molecule has 4 heteroatoms. The standard InChI is InChI=1S/C23H23NO3/c1-13-9-10-18-15(11-13)21(25)20-19-14-7-5-6-8-17(14)24(4)12-16(19)23(2,3)27-22(20)26-18/h5-11,16,19H,12H2,1-4H3/t16-,19+/m0/s1. The molecule has 0 unspecified atom stereocenters. The number of rotatable bonds is 0. The first-order valence-electron chi connectivity index (χ1n) is 9.43. The Balaban J connectivity index is 1.86. The molecule has 4 nitrogen and oxygen atoms in total. The molecule has 0 spiro atoms. The van der Waals surface area contributed by atoms with Crippen LogP contribution in [0.1, 0.15) is 36.5 Å². The number of anilines is 1. The first-order chi connectivity index (χ1) is 12.9. The lowest BCUT2D eigenvalue weighted by molar-refractivity contribution is -0.00468. The van der Waals surface area contributed by atoms with Gasteiger partial charge in [-0.3, -0.25) is 4.79 Å². The van der Waals surface area contributed by atoms with Gasteiger partial charge in [-0.2, -0.15) is 0 Å². The van der Waals surface area contributed by atoms with Gasteiger partial charge in [-0.05, 0) is 44.5 Å². The van der Waals surface area contributed by atoms with Crippen LogP contribution in [0.25, 0.3) is 11.0 Å². The van der Waals surface area contributed by atoms with Crippen molar-refractivity contribution in [2.45, 2.75) is 32.3 Å². The molecule has 3 heterocycles. The molecular formula is C23H23NO3. The minimum Gasteiger partial charge on any atom is -0.458 e. The second-order valence-corrected chi connectivity index (χ2v) is 8.36. The highest BCUT2D eigenvalue weighted by atomic mass is 16.6. The summed E-state index contributed by atoms with van der Waals surface area (Å²) in [6.07, 6.45) is 0. The quantitative estimate of drug-likeness (QED) is 0.592. The van der Waals surface area contributed by atoms with Crippen LogP contribution in [-0.4, -0.2) is 19.2 Å². The minimum atomic E-state index is -0.437. The highest BCUT2D eigenvalue weighted by molar-refractivity contribution is 5.79. The third-order valence-electron chi connectivity index (χ3n) is 6.16. The largest absolute Gasteiger partial charge is 0.458 e. The van der Waals surface area contributed by atoms with E-state index in [-0.39, 0.29) is 17.3 Å². The Hall–Kier alpha value is -2.75. The smallest absolute Gasteiger partial charge is 0.293 e. The van der Waals surface area contributed by atoms with E-state index in [0.717, 1.165) is 12.1 Å². The van der Waals surface area contributed by atoms with Crippen LogP contribution in [0.15, 0.2) is 51.7 Å². The molecule has 0 amide bonds. The molecule has 3 aromatic rings. The molecule has 0 bridgehead atoms. The lowest BCUT2D eigenvalue weighted by Crippen LogP contribution is -2.53. The van der Waals surface area contributed by atoms with Crippen molar-refractivity contribution in [1.29, 1.82) is 0 Å². The third-order valence-corrected chi connectivity index (χ3v) is 6.16. The van der Waals surface area contributed by atoms with E-state index in [2.05, 4.69) is 37.9 Å². The van der Waals surface area contributed by atoms with Gasteiger partial charge in [-0.15, -0.1) is 0 Å². The van der Waals surface area contributed by atoms with Gasteiger partial charge in [0.25, 0.3) is 5.95 Å². The summed E-state index contributed by atoms with van der Waals surface area (Å²) < 4.78 is 12.4. The molecule has 1 aromatic heterocycles. The predicted molar refractivity (Wildman–Crippen MR) is 107 cm³/mol. The molecular weight excluding hydrogens is 338 g/mol. The summed E-state index contributed by atoms with van der Waals surface area (Å²) in [5, 5.41) is 0.632. The summed E-state index contributed by atoms with van der Waals surface area (Å²) in [6, 6.07) is 14.1. The summed E-state index contributed by atoms with van der Waals surface area (Å²) in [4.78, 5) is 15.8. The molecule has 27 heavy (non-hydrogen) atoms. The van der Waals surface area contributed by atoms with E-state index < -0.39 is 5.60 Å². The fraction of sp³-hybridized carbons (Fsp3) is 0.348. The lowest BCUT2D eigenvalue weighted by atomic mass is 9.69. The van der Waals surface area contributed by atoms with Crippen molar-refractivity contribution >= 4 is 16.7 Å². The molecule has 0 saturated heterocycles. The zero-order valence-corrected chi connectivity index (χ0v) is 16.1. The van der Waals surface area contributed by atoms with Crippen LogP contribution in [0.5, 0.6) is 5.95 Å². The number of ether oxygens (including phenoxy) is 1. The Labute approximate surface area is 158 Å². The average molecular weight is 361 g/mol. The Morgan fingerprint density at radius 2 is 1.93 bits per heavy atom. The molecule has 0 aliphatic carbocycles. The highest BCUT2D eigenvalue weighted by Crippen LogP contribution is 2.52. The maximum absolute atomic E-state index is 13.5. The van der Waals surface area contributed by atoms with Crippen molar-refractivity contribution in [3.05, 3.63) is 69.4 Å². The van der Waals surface area contributed by atoms with Gasteiger partial charge in [-0.25, -0.2) is 0 Å². The first kappa shape index (κ1) is 16.4. The molecule has 2 atom stereocenters. The number of aryl methyl sites for hydroxylation is 1. The average Bonchev–Trinajstić information content (AvgIpc) is 2.63. The summed E-state index contributed by atoms with van der Waals surface area (Å²) in [7, 11) is 2.10. The first-order valence-corrected chi connectivity index (χ1v) is 9.43. The lowest BCUT2D eigenvalue weighted by Gasteiger charge is -2.49. The van der Waals surface area contributed by atoms with Crippen LogP contribution in [0.2, 0.25) is 0 Å². The molecule has 2 aromatic carbocycles. The van der Waals surface area contributed by atoms with Crippen LogP contribution in [0.3, 0.4) is 0 Å². The van der Waals surface area contributed by atoms with Crippen molar-refractivity contribution in [3.8, 4) is 5.95 Å². The van der Waals surface area contributed by atoms with Gasteiger partial charge in [0.2, 0.25) is 5.43 Å². The molecule has 5 rings (SSSR count). The number of hydrogen-bond donors (Lipinski definition) is 0. The number of fused-ring (bicyclic) bond motifs is 6. The summed E-state index contributed by atoms with van der Waals surface area (Å²) in [6.45, 7) is 7.01. The second-order valence-electron chi connectivity index (χ2n) is 8.36. The summed E-state index contributed by atoms with van der Waals surface area (Å²) in [5.74, 6) is 0.509. The van der Waals surface area contributed by atoms with E-state index in [4.69, 9.17) is 9.15 Å². The minimum absolute atomic E-state index is 0.0276. The van der Waals surface area contributed by atoms with Crippen molar-refractivity contribution in [2.75, 3.05) is 18.5 Å². The molecule has 2 aliphatic heterocycles. The van der Waals surface area contributed by atoms with Gasteiger partial charge in [0.1, 0.15) is 11.2 Å². The number of benzene rings is 2. The van der Waals surface area contributed by atoms with Crippen LogP contribution in [-0.2, 0) is 0 Å². The normalized spacial score (nSPS) is 22.6. The molecule has 0 fully saturated rings. The van der Waals surface area contributed by atoms with E-state index in [1.807, 2.05) is 37.3 Å². The van der Waals surface area contributed by atoms with Crippen molar-refractivity contribution < 1.29 is 9.15 Å². The Kier molecular flexibility index (Phi) is 3.27. The molecule has 0 N–H and O–H groups in total. The molecule has 0 radical (unpaired) electrons. The van der Waals surface area contributed by atoms with Gasteiger partial charge < -0.3 is 14.1 Å². The highest BCUT2D eigenvalue weighted by Gasteiger charge is 2.50. The third kappa shape index (κ3) is 2.25. The maximum atomic E-state index is 13.5. The summed E-state index contributed by atoms with van der Waals surface area (Å²) in [5.41, 5.74) is 4.23. The second kappa shape index (κ2) is 5.38. The fourth-order valence-electron chi connectivity index (χ4n) is 4.75. The van der Waals surface area contributed by atoms with E-state index in [9.17, 15) is 4.79 Å². The van der Waals surface area contributed by atoms with Gasteiger partial charge in [0.05, 0.1) is 10.9 Å². The summed E-state index contributed by atoms with van der Waals surface area (Å²) >= 11 is 0. The number of hydrogen-bond acceptors (Lipinski definition) is 4. The zero-order chi connectivity index (χ0) is 18.9. The number of para-hydroxylation sites is 1. The van der Waals surface area contributed by atoms with Crippen LogP contribution in [0, 0.1) is 12.8 Å². The van der Waals surface area contributed by atoms with E-state index in [1.54, 1.807) is 0 Å². The van der Waals surface area contributed by atoms with Gasteiger partial charge in [-0.1, -0.05) is 29.8 Å². The fourth-order valence-corrected chi connectivity index (χ4v) is 4.75. The van der Waals surface area contributed by atoms with E-state index in [0.29, 0.717) is 22.5 Å². The van der Waals surface area contributed by atoms with Crippen molar-refractivity contribution in [3.63, 3.8) is 0 Å².